The fourth-order valence-electron chi connectivity index (χ4n) is 1.63. The van der Waals surface area contributed by atoms with Gasteiger partial charge < -0.3 is 10.1 Å². The van der Waals surface area contributed by atoms with Gasteiger partial charge in [-0.2, -0.15) is 0 Å². The highest BCUT2D eigenvalue weighted by atomic mass is 32.2. The topological polar surface area (TPSA) is 84.5 Å². The van der Waals surface area contributed by atoms with Crippen molar-refractivity contribution in [2.24, 2.45) is 5.92 Å². The summed E-state index contributed by atoms with van der Waals surface area (Å²) in [4.78, 5) is 35.8. The summed E-state index contributed by atoms with van der Waals surface area (Å²) in [5.41, 5.74) is 0.413. The van der Waals surface area contributed by atoms with Crippen LogP contribution in [0.1, 0.15) is 31.1 Å². The highest BCUT2D eigenvalue weighted by Gasteiger charge is 2.15. The zero-order valence-corrected chi connectivity index (χ0v) is 14.4. The number of benzene rings is 1. The van der Waals surface area contributed by atoms with E-state index < -0.39 is 24.5 Å². The van der Waals surface area contributed by atoms with Gasteiger partial charge in [0, 0.05) is 11.4 Å². The molecule has 0 unspecified atom stereocenters. The van der Waals surface area contributed by atoms with Crippen LogP contribution in [-0.4, -0.2) is 36.8 Å². The van der Waals surface area contributed by atoms with Crippen LogP contribution in [-0.2, 0) is 9.53 Å². The van der Waals surface area contributed by atoms with E-state index in [-0.39, 0.29) is 5.92 Å². The van der Waals surface area contributed by atoms with Crippen LogP contribution < -0.4 is 10.6 Å². The largest absolute Gasteiger partial charge is 0.452 e. The first-order valence-corrected chi connectivity index (χ1v) is 8.39. The van der Waals surface area contributed by atoms with Crippen LogP contribution in [0.15, 0.2) is 29.2 Å². The van der Waals surface area contributed by atoms with Gasteiger partial charge in [-0.25, -0.2) is 9.59 Å². The first-order valence-electron chi connectivity index (χ1n) is 7.40. The summed E-state index contributed by atoms with van der Waals surface area (Å²) >= 11 is 1.52. The van der Waals surface area contributed by atoms with E-state index in [0.717, 1.165) is 10.6 Å². The Hall–Kier alpha value is -2.02. The zero-order chi connectivity index (χ0) is 17.2. The van der Waals surface area contributed by atoms with Crippen LogP contribution in [0.25, 0.3) is 0 Å². The molecule has 0 saturated carbocycles. The number of amides is 3. The molecule has 6 nitrogen and oxygen atoms in total. The van der Waals surface area contributed by atoms with Crippen LogP contribution in [0.2, 0.25) is 0 Å². The average molecular weight is 338 g/mol. The molecule has 7 heteroatoms. The lowest BCUT2D eigenvalue weighted by Gasteiger charge is -2.10. The molecule has 1 rings (SSSR count). The number of carbonyl (C=O) groups excluding carboxylic acids is 3. The third kappa shape index (κ3) is 7.19. The van der Waals surface area contributed by atoms with E-state index in [2.05, 4.69) is 10.6 Å². The van der Waals surface area contributed by atoms with Crippen molar-refractivity contribution in [3.05, 3.63) is 29.8 Å². The normalized spacial score (nSPS) is 10.3. The standard InChI is InChI=1S/C16H22N2O4S/c1-4-23-13-8-6-5-7-12(13)15(20)22-10-14(19)18-16(21)17-9-11(2)3/h5-8,11H,4,9-10H2,1-3H3,(H2,17,18,19,21). The van der Waals surface area contributed by atoms with Gasteiger partial charge in [0.2, 0.25) is 0 Å². The van der Waals surface area contributed by atoms with Crippen molar-refractivity contribution in [2.45, 2.75) is 25.7 Å². The molecule has 0 fully saturated rings. The molecular formula is C16H22N2O4S. The van der Waals surface area contributed by atoms with Gasteiger partial charge >= 0.3 is 12.0 Å². The molecule has 0 heterocycles. The predicted octanol–water partition coefficient (Wildman–Crippen LogP) is 2.44. The molecule has 3 amide bonds. The smallest absolute Gasteiger partial charge is 0.339 e. The molecule has 0 spiro atoms. The Bertz CT molecular complexity index is 561. The number of carbonyl (C=O) groups is 3. The highest BCUT2D eigenvalue weighted by Crippen LogP contribution is 2.22. The highest BCUT2D eigenvalue weighted by molar-refractivity contribution is 7.99. The Kier molecular flexibility index (Phi) is 8.18. The number of ether oxygens (including phenoxy) is 1. The van der Waals surface area contributed by atoms with Crippen molar-refractivity contribution in [2.75, 3.05) is 18.9 Å². The lowest BCUT2D eigenvalue weighted by molar-refractivity contribution is -0.123. The molecule has 126 valence electrons. The molecule has 2 N–H and O–H groups in total. The van der Waals surface area contributed by atoms with E-state index in [4.69, 9.17) is 4.74 Å². The number of rotatable bonds is 7. The van der Waals surface area contributed by atoms with Crippen molar-refractivity contribution in [3.8, 4) is 0 Å². The van der Waals surface area contributed by atoms with Crippen LogP contribution in [0.4, 0.5) is 4.79 Å². The molecule has 0 saturated heterocycles. The van der Waals surface area contributed by atoms with Crippen LogP contribution in [0, 0.1) is 5.92 Å². The molecule has 0 aliphatic rings. The van der Waals surface area contributed by atoms with E-state index in [0.29, 0.717) is 12.1 Å². The van der Waals surface area contributed by atoms with Gasteiger partial charge in [0.15, 0.2) is 6.61 Å². The minimum Gasteiger partial charge on any atom is -0.452 e. The van der Waals surface area contributed by atoms with Gasteiger partial charge in [0.25, 0.3) is 5.91 Å². The average Bonchev–Trinajstić information content (AvgIpc) is 2.51. The van der Waals surface area contributed by atoms with Crippen molar-refractivity contribution in [1.29, 1.82) is 0 Å². The Morgan fingerprint density at radius 2 is 1.91 bits per heavy atom. The minimum atomic E-state index is -0.666. The van der Waals surface area contributed by atoms with E-state index >= 15 is 0 Å². The number of hydrogen-bond acceptors (Lipinski definition) is 5. The van der Waals surface area contributed by atoms with E-state index in [1.807, 2.05) is 32.9 Å². The second kappa shape index (κ2) is 9.89. The number of urea groups is 1. The lowest BCUT2D eigenvalue weighted by Crippen LogP contribution is -2.42. The number of esters is 1. The van der Waals surface area contributed by atoms with Gasteiger partial charge in [-0.1, -0.05) is 32.9 Å². The van der Waals surface area contributed by atoms with E-state index in [9.17, 15) is 14.4 Å². The van der Waals surface area contributed by atoms with Crippen LogP contribution in [0.5, 0.6) is 0 Å². The zero-order valence-electron chi connectivity index (χ0n) is 13.5. The first-order chi connectivity index (χ1) is 10.9. The quantitative estimate of drug-likeness (QED) is 0.589. The second-order valence-electron chi connectivity index (χ2n) is 5.16. The summed E-state index contributed by atoms with van der Waals surface area (Å²) in [6.07, 6.45) is 0. The van der Waals surface area contributed by atoms with Crippen LogP contribution in [0.3, 0.4) is 0 Å². The van der Waals surface area contributed by atoms with Gasteiger partial charge in [0.05, 0.1) is 5.56 Å². The van der Waals surface area contributed by atoms with Crippen molar-refractivity contribution < 1.29 is 19.1 Å². The fourth-order valence-corrected chi connectivity index (χ4v) is 2.42. The van der Waals surface area contributed by atoms with Gasteiger partial charge in [0.1, 0.15) is 0 Å². The third-order valence-corrected chi connectivity index (χ3v) is 3.62. The molecule has 0 aliphatic heterocycles. The molecule has 0 aromatic heterocycles. The number of hydrogen-bond donors (Lipinski definition) is 2. The molecule has 0 bridgehead atoms. The molecule has 1 aromatic carbocycles. The van der Waals surface area contributed by atoms with Gasteiger partial charge in [-0.3, -0.25) is 10.1 Å². The summed E-state index contributed by atoms with van der Waals surface area (Å²) in [6.45, 7) is 5.82. The van der Waals surface area contributed by atoms with Crippen LogP contribution >= 0.6 is 11.8 Å². The molecule has 1 aromatic rings. The maximum atomic E-state index is 12.0. The van der Waals surface area contributed by atoms with Gasteiger partial charge in [-0.05, 0) is 23.8 Å². The van der Waals surface area contributed by atoms with Gasteiger partial charge in [-0.15, -0.1) is 11.8 Å². The summed E-state index contributed by atoms with van der Waals surface area (Å²) < 4.78 is 4.96. The van der Waals surface area contributed by atoms with E-state index in [1.165, 1.54) is 11.8 Å². The number of nitrogens with one attached hydrogen (secondary N) is 2. The van der Waals surface area contributed by atoms with Crippen molar-refractivity contribution in [1.82, 2.24) is 10.6 Å². The summed E-state index contributed by atoms with van der Waals surface area (Å²) in [5, 5.41) is 4.65. The molecule has 0 aliphatic carbocycles. The molecule has 23 heavy (non-hydrogen) atoms. The third-order valence-electron chi connectivity index (χ3n) is 2.66. The Morgan fingerprint density at radius 1 is 1.22 bits per heavy atom. The summed E-state index contributed by atoms with van der Waals surface area (Å²) in [6, 6.07) is 6.44. The lowest BCUT2D eigenvalue weighted by atomic mass is 10.2. The Labute approximate surface area is 140 Å². The maximum Gasteiger partial charge on any atom is 0.339 e. The maximum absolute atomic E-state index is 12.0. The predicted molar refractivity (Wildman–Crippen MR) is 89.5 cm³/mol. The molecule has 0 atom stereocenters. The minimum absolute atomic E-state index is 0.279. The Balaban J connectivity index is 2.47. The number of thioether (sulfide) groups is 1. The fraction of sp³-hybridized carbons (Fsp3) is 0.438. The first kappa shape index (κ1) is 19.0. The van der Waals surface area contributed by atoms with Crippen molar-refractivity contribution >= 4 is 29.7 Å². The molecule has 0 radical (unpaired) electrons. The SMILES string of the molecule is CCSc1ccccc1C(=O)OCC(=O)NC(=O)NCC(C)C. The summed E-state index contributed by atoms with van der Waals surface area (Å²) in [7, 11) is 0. The monoisotopic (exact) mass is 338 g/mol. The Morgan fingerprint density at radius 3 is 2.57 bits per heavy atom. The van der Waals surface area contributed by atoms with E-state index in [1.54, 1.807) is 12.1 Å². The number of imide groups is 1. The summed E-state index contributed by atoms with van der Waals surface area (Å²) in [5.74, 6) is -0.151. The van der Waals surface area contributed by atoms with Crippen molar-refractivity contribution in [3.63, 3.8) is 0 Å². The second-order valence-corrected chi connectivity index (χ2v) is 6.46. The molecular weight excluding hydrogens is 316 g/mol.